The molecule has 4 atom stereocenters. The summed E-state index contributed by atoms with van der Waals surface area (Å²) in [4.78, 5) is 0. The summed E-state index contributed by atoms with van der Waals surface area (Å²) in [5.41, 5.74) is 0. The fourth-order valence-corrected chi connectivity index (χ4v) is 0.644. The van der Waals surface area contributed by atoms with Gasteiger partial charge in [-0.05, 0) is 0 Å². The highest BCUT2D eigenvalue weighted by Gasteiger charge is 2.29. The lowest BCUT2D eigenvalue weighted by atomic mass is 10.1. The smallest absolute Gasteiger partial charge is 0.183 e. The van der Waals surface area contributed by atoms with Crippen LogP contribution in [0.15, 0.2) is 0 Å². The zero-order valence-electron chi connectivity index (χ0n) is 6.66. The molecule has 0 fully saturated rings. The van der Waals surface area contributed by atoms with E-state index in [0.717, 1.165) is 7.11 Å². The summed E-state index contributed by atoms with van der Waals surface area (Å²) in [5.74, 6) is 0. The Kier molecular flexibility index (Phi) is 5.31. The van der Waals surface area contributed by atoms with Crippen molar-refractivity contribution in [3.63, 3.8) is 0 Å². The highest BCUT2D eigenvalue weighted by atomic mass is 16.6. The van der Waals surface area contributed by atoms with Crippen LogP contribution in [-0.2, 0) is 4.74 Å². The zero-order chi connectivity index (χ0) is 9.72. The van der Waals surface area contributed by atoms with Crippen LogP contribution in [-0.4, -0.2) is 63.9 Å². The Labute approximate surface area is 69.6 Å². The number of methoxy groups -OCH3 is 1. The molecule has 0 saturated heterocycles. The molecule has 6 heteroatoms. The predicted molar refractivity (Wildman–Crippen MR) is 38.1 cm³/mol. The van der Waals surface area contributed by atoms with E-state index < -0.39 is 31.2 Å². The van der Waals surface area contributed by atoms with Gasteiger partial charge in [-0.25, -0.2) is 0 Å². The summed E-state index contributed by atoms with van der Waals surface area (Å²) in [6, 6.07) is 0. The third kappa shape index (κ3) is 3.02. The largest absolute Gasteiger partial charge is 0.394 e. The molecule has 0 aromatic carbocycles. The van der Waals surface area contributed by atoms with E-state index in [-0.39, 0.29) is 0 Å². The molecular formula is C6H14O6. The third-order valence-corrected chi connectivity index (χ3v) is 1.46. The molecule has 0 spiro atoms. The third-order valence-electron chi connectivity index (χ3n) is 1.46. The average molecular weight is 182 g/mol. The van der Waals surface area contributed by atoms with Crippen molar-refractivity contribution in [1.29, 1.82) is 0 Å². The molecule has 5 N–H and O–H groups in total. The van der Waals surface area contributed by atoms with Gasteiger partial charge in [0.2, 0.25) is 0 Å². The monoisotopic (exact) mass is 182 g/mol. The fourth-order valence-electron chi connectivity index (χ4n) is 0.644. The highest BCUT2D eigenvalue weighted by molar-refractivity contribution is 4.76. The number of aliphatic hydroxyl groups excluding tert-OH is 5. The summed E-state index contributed by atoms with van der Waals surface area (Å²) in [6.07, 6.45) is -6.35. The SMILES string of the molecule is CO[C@@H](O)[C@@H](O)[C@H](O)[C@H](O)CO. The van der Waals surface area contributed by atoms with Crippen molar-refractivity contribution in [2.75, 3.05) is 13.7 Å². The van der Waals surface area contributed by atoms with Crippen molar-refractivity contribution in [1.82, 2.24) is 0 Å². The van der Waals surface area contributed by atoms with Gasteiger partial charge in [0.1, 0.15) is 18.3 Å². The van der Waals surface area contributed by atoms with Gasteiger partial charge < -0.3 is 30.3 Å². The Morgan fingerprint density at radius 3 is 1.92 bits per heavy atom. The summed E-state index contributed by atoms with van der Waals surface area (Å²) in [5, 5.41) is 44.0. The van der Waals surface area contributed by atoms with Crippen molar-refractivity contribution in [2.24, 2.45) is 0 Å². The molecule has 0 heterocycles. The first-order valence-corrected chi connectivity index (χ1v) is 3.40. The maximum absolute atomic E-state index is 8.99. The minimum absolute atomic E-state index is 0.700. The molecule has 0 aromatic heterocycles. The molecular weight excluding hydrogens is 168 g/mol. The Bertz CT molecular complexity index is 105. The van der Waals surface area contributed by atoms with Crippen molar-refractivity contribution < 1.29 is 30.3 Å². The van der Waals surface area contributed by atoms with E-state index in [1.54, 1.807) is 0 Å². The van der Waals surface area contributed by atoms with Crippen LogP contribution in [0.5, 0.6) is 0 Å². The second-order valence-electron chi connectivity index (χ2n) is 2.36. The molecule has 0 aliphatic carbocycles. The van der Waals surface area contributed by atoms with Gasteiger partial charge in [-0.15, -0.1) is 0 Å². The van der Waals surface area contributed by atoms with E-state index in [1.807, 2.05) is 0 Å². The molecule has 0 radical (unpaired) electrons. The van der Waals surface area contributed by atoms with Gasteiger partial charge in [-0.1, -0.05) is 0 Å². The van der Waals surface area contributed by atoms with E-state index >= 15 is 0 Å². The number of rotatable bonds is 5. The quantitative estimate of drug-likeness (QED) is 0.290. The summed E-state index contributed by atoms with van der Waals surface area (Å²) in [6.45, 7) is -0.700. The summed E-state index contributed by atoms with van der Waals surface area (Å²) >= 11 is 0. The van der Waals surface area contributed by atoms with Crippen LogP contribution >= 0.6 is 0 Å². The van der Waals surface area contributed by atoms with Gasteiger partial charge >= 0.3 is 0 Å². The van der Waals surface area contributed by atoms with E-state index in [0.29, 0.717) is 0 Å². The van der Waals surface area contributed by atoms with E-state index in [4.69, 9.17) is 25.5 Å². The maximum atomic E-state index is 8.99. The molecule has 0 rings (SSSR count). The molecule has 0 amide bonds. The fraction of sp³-hybridized carbons (Fsp3) is 1.00. The van der Waals surface area contributed by atoms with Crippen LogP contribution in [0.4, 0.5) is 0 Å². The van der Waals surface area contributed by atoms with Crippen molar-refractivity contribution in [3.8, 4) is 0 Å². The van der Waals surface area contributed by atoms with Gasteiger partial charge in [0.25, 0.3) is 0 Å². The lowest BCUT2D eigenvalue weighted by molar-refractivity contribution is -0.193. The topological polar surface area (TPSA) is 110 Å². The Morgan fingerprint density at radius 2 is 1.58 bits per heavy atom. The molecule has 6 nitrogen and oxygen atoms in total. The Morgan fingerprint density at radius 1 is 1.08 bits per heavy atom. The standard InChI is InChI=1S/C6H14O6/c1-12-6(11)5(10)4(9)3(8)2-7/h3-11H,2H2,1H3/t3-,4-,5+,6-/m1/s1. The van der Waals surface area contributed by atoms with E-state index in [1.165, 1.54) is 0 Å². The molecule has 0 aliphatic heterocycles. The second-order valence-corrected chi connectivity index (χ2v) is 2.36. The second kappa shape index (κ2) is 5.41. The molecule has 12 heavy (non-hydrogen) atoms. The molecule has 0 bridgehead atoms. The lowest BCUT2D eigenvalue weighted by Gasteiger charge is -2.24. The van der Waals surface area contributed by atoms with Gasteiger partial charge in [-0.2, -0.15) is 0 Å². The first kappa shape index (κ1) is 11.8. The lowest BCUT2D eigenvalue weighted by Crippen LogP contribution is -2.46. The maximum Gasteiger partial charge on any atom is 0.183 e. The van der Waals surface area contributed by atoms with E-state index in [9.17, 15) is 0 Å². The van der Waals surface area contributed by atoms with Gasteiger partial charge in [0.05, 0.1) is 6.61 Å². The first-order valence-electron chi connectivity index (χ1n) is 3.40. The van der Waals surface area contributed by atoms with Crippen LogP contribution < -0.4 is 0 Å². The molecule has 0 saturated carbocycles. The summed E-state index contributed by atoms with van der Waals surface area (Å²) < 4.78 is 4.28. The van der Waals surface area contributed by atoms with Gasteiger partial charge in [0.15, 0.2) is 6.29 Å². The van der Waals surface area contributed by atoms with Crippen molar-refractivity contribution in [2.45, 2.75) is 24.6 Å². The first-order chi connectivity index (χ1) is 5.54. The molecule has 0 unspecified atom stereocenters. The molecule has 0 aromatic rings. The molecule has 0 aliphatic rings. The van der Waals surface area contributed by atoms with Crippen LogP contribution in [0.3, 0.4) is 0 Å². The molecule has 74 valence electrons. The van der Waals surface area contributed by atoms with Crippen LogP contribution in [0.2, 0.25) is 0 Å². The van der Waals surface area contributed by atoms with Crippen LogP contribution in [0.1, 0.15) is 0 Å². The number of hydrogen-bond donors (Lipinski definition) is 5. The van der Waals surface area contributed by atoms with Gasteiger partial charge in [-0.3, -0.25) is 0 Å². The van der Waals surface area contributed by atoms with Crippen molar-refractivity contribution >= 4 is 0 Å². The van der Waals surface area contributed by atoms with E-state index in [2.05, 4.69) is 4.74 Å². The number of aliphatic hydroxyl groups is 5. The van der Waals surface area contributed by atoms with Crippen LogP contribution in [0, 0.1) is 0 Å². The summed E-state index contributed by atoms with van der Waals surface area (Å²) in [7, 11) is 1.13. The number of hydrogen-bond acceptors (Lipinski definition) is 6. The number of ether oxygens (including phenoxy) is 1. The average Bonchev–Trinajstić information content (AvgIpc) is 2.12. The Balaban J connectivity index is 3.99. The Hall–Kier alpha value is -0.240. The highest BCUT2D eigenvalue weighted by Crippen LogP contribution is 2.04. The minimum Gasteiger partial charge on any atom is -0.394 e. The van der Waals surface area contributed by atoms with Crippen LogP contribution in [0.25, 0.3) is 0 Å². The predicted octanol–water partition coefficient (Wildman–Crippen LogP) is -2.97. The normalized spacial score (nSPS) is 21.5. The zero-order valence-corrected chi connectivity index (χ0v) is 6.66. The van der Waals surface area contributed by atoms with Crippen molar-refractivity contribution in [3.05, 3.63) is 0 Å². The minimum atomic E-state index is -1.64. The van der Waals surface area contributed by atoms with Gasteiger partial charge in [0, 0.05) is 7.11 Å².